The lowest BCUT2D eigenvalue weighted by Crippen LogP contribution is -2.10. The van der Waals surface area contributed by atoms with Gasteiger partial charge in [-0.15, -0.1) is 0 Å². The van der Waals surface area contributed by atoms with Crippen LogP contribution in [0.1, 0.15) is 12.0 Å². The summed E-state index contributed by atoms with van der Waals surface area (Å²) in [7, 11) is 0. The van der Waals surface area contributed by atoms with E-state index in [0.717, 1.165) is 40.1 Å². The number of rotatable bonds is 11. The SMILES string of the molecule is C=CC(=O)Oc1ccc2cc(-c3ccc(OC(=O)CCc4ccc(OC(=O)C=C)c(OC(=O)C=C)c4)cc3)ccc2c1. The number of carbonyl (C=O) groups excluding carboxylic acids is 4. The average Bonchev–Trinajstić information content (AvgIpc) is 3.01. The highest BCUT2D eigenvalue weighted by atomic mass is 16.6. The van der Waals surface area contributed by atoms with Gasteiger partial charge in [-0.05, 0) is 76.3 Å². The lowest BCUT2D eigenvalue weighted by molar-refractivity contribution is -0.134. The molecule has 0 aromatic heterocycles. The second kappa shape index (κ2) is 13.5. The summed E-state index contributed by atoms with van der Waals surface area (Å²) in [6.45, 7) is 10.1. The molecule has 0 aliphatic carbocycles. The summed E-state index contributed by atoms with van der Waals surface area (Å²) in [5.41, 5.74) is 2.55. The van der Waals surface area contributed by atoms with Crippen molar-refractivity contribution in [2.24, 2.45) is 0 Å². The maximum Gasteiger partial charge on any atom is 0.335 e. The first kappa shape index (κ1) is 29.2. The fourth-order valence-electron chi connectivity index (χ4n) is 3.94. The second-order valence-corrected chi connectivity index (χ2v) is 8.88. The maximum atomic E-state index is 12.5. The molecule has 0 amide bonds. The molecule has 4 rings (SSSR count). The molecular weight excluding hydrogens is 536 g/mol. The van der Waals surface area contributed by atoms with Crippen LogP contribution in [0.25, 0.3) is 21.9 Å². The Bertz CT molecular complexity index is 1700. The van der Waals surface area contributed by atoms with Crippen molar-refractivity contribution in [3.8, 4) is 34.1 Å². The Kier molecular flexibility index (Phi) is 9.42. The topological polar surface area (TPSA) is 105 Å². The highest BCUT2D eigenvalue weighted by molar-refractivity contribution is 5.90. The molecule has 42 heavy (non-hydrogen) atoms. The van der Waals surface area contributed by atoms with Crippen molar-refractivity contribution in [1.29, 1.82) is 0 Å². The highest BCUT2D eigenvalue weighted by Crippen LogP contribution is 2.31. The van der Waals surface area contributed by atoms with Gasteiger partial charge >= 0.3 is 23.9 Å². The van der Waals surface area contributed by atoms with Crippen molar-refractivity contribution in [1.82, 2.24) is 0 Å². The molecule has 0 heterocycles. The van der Waals surface area contributed by atoms with Crippen molar-refractivity contribution in [3.63, 3.8) is 0 Å². The molecule has 8 heteroatoms. The fraction of sp³-hybridized carbons (Fsp3) is 0.0588. The van der Waals surface area contributed by atoms with E-state index in [-0.39, 0.29) is 24.3 Å². The summed E-state index contributed by atoms with van der Waals surface area (Å²) in [5, 5.41) is 1.88. The number of benzene rings is 4. The molecule has 210 valence electrons. The van der Waals surface area contributed by atoms with Gasteiger partial charge in [0.1, 0.15) is 11.5 Å². The summed E-state index contributed by atoms with van der Waals surface area (Å²) >= 11 is 0. The number of esters is 4. The first-order valence-corrected chi connectivity index (χ1v) is 12.8. The maximum absolute atomic E-state index is 12.5. The Labute approximate surface area is 242 Å². The van der Waals surface area contributed by atoms with E-state index in [1.54, 1.807) is 30.3 Å². The number of aryl methyl sites for hydroxylation is 1. The van der Waals surface area contributed by atoms with E-state index in [2.05, 4.69) is 19.7 Å². The van der Waals surface area contributed by atoms with Crippen LogP contribution in [0.15, 0.2) is 117 Å². The van der Waals surface area contributed by atoms with Gasteiger partial charge in [0.2, 0.25) is 0 Å². The van der Waals surface area contributed by atoms with Crippen LogP contribution in [0.3, 0.4) is 0 Å². The Balaban J connectivity index is 1.38. The van der Waals surface area contributed by atoms with Gasteiger partial charge in [0, 0.05) is 24.6 Å². The van der Waals surface area contributed by atoms with Crippen molar-refractivity contribution >= 4 is 34.6 Å². The van der Waals surface area contributed by atoms with Crippen molar-refractivity contribution in [2.45, 2.75) is 12.8 Å². The van der Waals surface area contributed by atoms with E-state index < -0.39 is 23.9 Å². The molecule has 0 fully saturated rings. The molecule has 8 nitrogen and oxygen atoms in total. The third-order valence-corrected chi connectivity index (χ3v) is 6.00. The second-order valence-electron chi connectivity index (χ2n) is 8.88. The molecule has 0 unspecified atom stereocenters. The minimum absolute atomic E-state index is 0.0156. The number of hydrogen-bond donors (Lipinski definition) is 0. The summed E-state index contributed by atoms with van der Waals surface area (Å²) in [4.78, 5) is 47.3. The van der Waals surface area contributed by atoms with E-state index in [9.17, 15) is 19.2 Å². The van der Waals surface area contributed by atoms with Crippen molar-refractivity contribution in [2.75, 3.05) is 0 Å². The fourth-order valence-corrected chi connectivity index (χ4v) is 3.94. The van der Waals surface area contributed by atoms with Crippen LogP contribution in [0.4, 0.5) is 0 Å². The van der Waals surface area contributed by atoms with Gasteiger partial charge < -0.3 is 18.9 Å². The van der Waals surface area contributed by atoms with E-state index in [4.69, 9.17) is 18.9 Å². The molecule has 0 N–H and O–H groups in total. The molecule has 0 atom stereocenters. The predicted molar refractivity (Wildman–Crippen MR) is 157 cm³/mol. The van der Waals surface area contributed by atoms with Crippen molar-refractivity contribution < 1.29 is 38.1 Å². The molecule has 0 radical (unpaired) electrons. The van der Waals surface area contributed by atoms with Gasteiger partial charge in [0.15, 0.2) is 11.5 Å². The number of carbonyl (C=O) groups is 4. The van der Waals surface area contributed by atoms with Crippen LogP contribution in [-0.4, -0.2) is 23.9 Å². The third-order valence-electron chi connectivity index (χ3n) is 6.00. The normalized spacial score (nSPS) is 10.3. The van der Waals surface area contributed by atoms with Crippen LogP contribution in [0.2, 0.25) is 0 Å². The molecule has 4 aromatic rings. The Morgan fingerprint density at radius 3 is 1.81 bits per heavy atom. The van der Waals surface area contributed by atoms with Crippen LogP contribution >= 0.6 is 0 Å². The summed E-state index contributed by atoms with van der Waals surface area (Å²) in [6.07, 6.45) is 3.42. The number of hydrogen-bond acceptors (Lipinski definition) is 8. The minimum Gasteiger partial charge on any atom is -0.427 e. The van der Waals surface area contributed by atoms with Gasteiger partial charge in [-0.25, -0.2) is 14.4 Å². The summed E-state index contributed by atoms with van der Waals surface area (Å²) in [5.74, 6) is -1.53. The molecule has 4 aromatic carbocycles. The Morgan fingerprint density at radius 2 is 1.12 bits per heavy atom. The number of fused-ring (bicyclic) bond motifs is 1. The molecule has 0 spiro atoms. The van der Waals surface area contributed by atoms with E-state index in [0.29, 0.717) is 17.1 Å². The molecule has 0 saturated heterocycles. The minimum atomic E-state index is -0.727. The highest BCUT2D eigenvalue weighted by Gasteiger charge is 2.14. The smallest absolute Gasteiger partial charge is 0.335 e. The predicted octanol–water partition coefficient (Wildman–Crippen LogP) is 6.32. The Morgan fingerprint density at radius 1 is 0.548 bits per heavy atom. The zero-order chi connectivity index (χ0) is 30.1. The first-order valence-electron chi connectivity index (χ1n) is 12.8. The standard InChI is InChI=1S/C34H26O8/c1-4-31(35)40-28-16-13-25-20-24(9-10-26(25)21-28)23-11-14-27(15-12-23)39-34(38)18-8-22-7-17-29(41-32(36)5-2)30(19-22)42-33(37)6-3/h4-7,9-17,19-21H,1-3,8,18H2. The zero-order valence-electron chi connectivity index (χ0n) is 22.5. The van der Waals surface area contributed by atoms with Crippen LogP contribution in [0.5, 0.6) is 23.0 Å². The van der Waals surface area contributed by atoms with E-state index >= 15 is 0 Å². The Hall–Kier alpha value is -5.76. The van der Waals surface area contributed by atoms with Crippen LogP contribution < -0.4 is 18.9 Å². The monoisotopic (exact) mass is 562 g/mol. The largest absolute Gasteiger partial charge is 0.427 e. The van der Waals surface area contributed by atoms with Gasteiger partial charge in [0.05, 0.1) is 0 Å². The van der Waals surface area contributed by atoms with Gasteiger partial charge in [-0.2, -0.15) is 0 Å². The van der Waals surface area contributed by atoms with Gasteiger partial charge in [-0.3, -0.25) is 4.79 Å². The van der Waals surface area contributed by atoms with Gasteiger partial charge in [-0.1, -0.05) is 56.1 Å². The van der Waals surface area contributed by atoms with Crippen LogP contribution in [-0.2, 0) is 25.6 Å². The van der Waals surface area contributed by atoms with Gasteiger partial charge in [0.25, 0.3) is 0 Å². The lowest BCUT2D eigenvalue weighted by atomic mass is 10.0. The lowest BCUT2D eigenvalue weighted by Gasteiger charge is -2.11. The number of ether oxygens (including phenoxy) is 4. The molecule has 0 saturated carbocycles. The average molecular weight is 563 g/mol. The van der Waals surface area contributed by atoms with Crippen LogP contribution in [0, 0.1) is 0 Å². The quantitative estimate of drug-likeness (QED) is 0.119. The molecular formula is C34H26O8. The summed E-state index contributed by atoms with van der Waals surface area (Å²) < 4.78 is 20.9. The zero-order valence-corrected chi connectivity index (χ0v) is 22.5. The van der Waals surface area contributed by atoms with E-state index in [1.807, 2.05) is 36.4 Å². The summed E-state index contributed by atoms with van der Waals surface area (Å²) in [6, 6.07) is 23.0. The molecule has 0 aliphatic heterocycles. The molecule has 0 aliphatic rings. The van der Waals surface area contributed by atoms with E-state index in [1.165, 1.54) is 12.1 Å². The third kappa shape index (κ3) is 7.67. The molecule has 0 bridgehead atoms. The van der Waals surface area contributed by atoms with Crippen molar-refractivity contribution in [3.05, 3.63) is 122 Å². The first-order chi connectivity index (χ1) is 20.3.